The number of aromatic hydroxyl groups is 1. The lowest BCUT2D eigenvalue weighted by molar-refractivity contribution is 0.0475. The second-order valence-corrected chi connectivity index (χ2v) is 7.07. The first-order valence-corrected chi connectivity index (χ1v) is 9.17. The smallest absolute Gasteiger partial charge is 0.261 e. The van der Waals surface area contributed by atoms with Crippen molar-refractivity contribution in [3.05, 3.63) is 58.7 Å². The van der Waals surface area contributed by atoms with E-state index in [1.807, 2.05) is 0 Å². The summed E-state index contributed by atoms with van der Waals surface area (Å²) in [4.78, 5) is 39.1. The first-order valence-electron chi connectivity index (χ1n) is 9.17. The molecule has 0 radical (unpaired) electrons. The van der Waals surface area contributed by atoms with E-state index in [9.17, 15) is 19.5 Å². The summed E-state index contributed by atoms with van der Waals surface area (Å²) < 4.78 is 5.53. The Kier molecular flexibility index (Phi) is 4.60. The number of aryl methyl sites for hydroxylation is 1. The molecule has 2 N–H and O–H groups in total. The third-order valence-corrected chi connectivity index (χ3v) is 5.10. The number of amides is 3. The molecule has 0 aromatic heterocycles. The van der Waals surface area contributed by atoms with Gasteiger partial charge in [-0.05, 0) is 61.7 Å². The number of nitrogens with zero attached hydrogens (tertiary/aromatic N) is 1. The van der Waals surface area contributed by atoms with Gasteiger partial charge in [0.15, 0.2) is 0 Å². The fourth-order valence-electron chi connectivity index (χ4n) is 3.57. The summed E-state index contributed by atoms with van der Waals surface area (Å²) in [5, 5.41) is 12.2. The van der Waals surface area contributed by atoms with E-state index in [-0.39, 0.29) is 35.4 Å². The zero-order valence-electron chi connectivity index (χ0n) is 15.4. The summed E-state index contributed by atoms with van der Waals surface area (Å²) in [6.45, 7) is 2.65. The van der Waals surface area contributed by atoms with Gasteiger partial charge in [-0.25, -0.2) is 0 Å². The number of imide groups is 1. The number of carbonyl (C=O) groups excluding carboxylic acids is 3. The Labute approximate surface area is 161 Å². The summed E-state index contributed by atoms with van der Waals surface area (Å²) in [7, 11) is 0. The molecule has 7 nitrogen and oxygen atoms in total. The molecule has 0 bridgehead atoms. The molecule has 0 aliphatic carbocycles. The van der Waals surface area contributed by atoms with Gasteiger partial charge in [0.2, 0.25) is 0 Å². The van der Waals surface area contributed by atoms with Crippen LogP contribution >= 0.6 is 0 Å². The fourth-order valence-corrected chi connectivity index (χ4v) is 3.57. The van der Waals surface area contributed by atoms with E-state index in [4.69, 9.17) is 4.74 Å². The molecule has 0 spiro atoms. The van der Waals surface area contributed by atoms with Crippen molar-refractivity contribution in [1.82, 2.24) is 4.90 Å². The van der Waals surface area contributed by atoms with Gasteiger partial charge in [-0.1, -0.05) is 0 Å². The average molecular weight is 380 g/mol. The number of hydrogen-bond donors (Lipinski definition) is 2. The highest BCUT2D eigenvalue weighted by Gasteiger charge is 2.37. The molecule has 2 aromatic carbocycles. The van der Waals surface area contributed by atoms with Crippen molar-refractivity contribution < 1.29 is 24.2 Å². The van der Waals surface area contributed by atoms with E-state index < -0.39 is 11.8 Å². The number of anilines is 1. The van der Waals surface area contributed by atoms with Crippen molar-refractivity contribution in [2.24, 2.45) is 0 Å². The van der Waals surface area contributed by atoms with E-state index in [0.29, 0.717) is 23.4 Å². The van der Waals surface area contributed by atoms with Gasteiger partial charge in [0.25, 0.3) is 17.7 Å². The Balaban J connectivity index is 1.54. The molecule has 4 rings (SSSR count). The number of phenolic OH excluding ortho intramolecular Hbond substituents is 1. The maximum Gasteiger partial charge on any atom is 0.261 e. The predicted octanol–water partition coefficient (Wildman–Crippen LogP) is 2.73. The monoisotopic (exact) mass is 380 g/mol. The van der Waals surface area contributed by atoms with Gasteiger partial charge >= 0.3 is 0 Å². The molecule has 3 amide bonds. The summed E-state index contributed by atoms with van der Waals surface area (Å²) in [5.41, 5.74) is 2.10. The van der Waals surface area contributed by atoms with E-state index >= 15 is 0 Å². The number of hydrogen-bond acceptors (Lipinski definition) is 5. The van der Waals surface area contributed by atoms with Crippen LogP contribution in [-0.4, -0.2) is 47.0 Å². The Morgan fingerprint density at radius 3 is 2.68 bits per heavy atom. The van der Waals surface area contributed by atoms with Crippen LogP contribution in [0.15, 0.2) is 36.4 Å². The first kappa shape index (κ1) is 18.2. The first-order chi connectivity index (χ1) is 13.4. The van der Waals surface area contributed by atoms with E-state index in [2.05, 4.69) is 5.32 Å². The van der Waals surface area contributed by atoms with Gasteiger partial charge in [0, 0.05) is 17.9 Å². The molecular formula is C21H20N2O5. The maximum absolute atomic E-state index is 12.7. The average Bonchev–Trinajstić information content (AvgIpc) is 3.27. The molecule has 144 valence electrons. The van der Waals surface area contributed by atoms with Crippen LogP contribution in [0, 0.1) is 6.92 Å². The van der Waals surface area contributed by atoms with Crippen LogP contribution in [0.2, 0.25) is 0 Å². The van der Waals surface area contributed by atoms with E-state index in [1.54, 1.807) is 19.1 Å². The third kappa shape index (κ3) is 3.25. The second-order valence-electron chi connectivity index (χ2n) is 7.07. The Morgan fingerprint density at radius 2 is 1.96 bits per heavy atom. The van der Waals surface area contributed by atoms with Crippen molar-refractivity contribution in [2.45, 2.75) is 25.9 Å². The fraction of sp³-hybridized carbons (Fsp3) is 0.286. The molecule has 2 aliphatic rings. The number of benzene rings is 2. The highest BCUT2D eigenvalue weighted by Crippen LogP contribution is 2.27. The van der Waals surface area contributed by atoms with Gasteiger partial charge in [-0.2, -0.15) is 0 Å². The number of ether oxygens (including phenoxy) is 1. The predicted molar refractivity (Wildman–Crippen MR) is 102 cm³/mol. The second kappa shape index (κ2) is 7.09. The molecule has 1 fully saturated rings. The minimum absolute atomic E-state index is 0.114. The van der Waals surface area contributed by atoms with Crippen LogP contribution in [0.1, 0.15) is 49.5 Å². The van der Waals surface area contributed by atoms with Gasteiger partial charge in [-0.15, -0.1) is 0 Å². The highest BCUT2D eigenvalue weighted by atomic mass is 16.5. The molecular weight excluding hydrogens is 360 g/mol. The van der Waals surface area contributed by atoms with Crippen LogP contribution in [0.3, 0.4) is 0 Å². The number of nitrogens with one attached hydrogen (secondary N) is 1. The summed E-state index contributed by atoms with van der Waals surface area (Å²) in [6, 6.07) is 9.14. The minimum atomic E-state index is -0.397. The molecule has 2 aliphatic heterocycles. The van der Waals surface area contributed by atoms with Crippen LogP contribution in [0.5, 0.6) is 5.75 Å². The molecule has 1 atom stereocenters. The molecule has 1 saturated heterocycles. The zero-order chi connectivity index (χ0) is 19.8. The number of carbonyl (C=O) groups is 3. The van der Waals surface area contributed by atoms with Crippen LogP contribution < -0.4 is 5.32 Å². The zero-order valence-corrected chi connectivity index (χ0v) is 15.4. The SMILES string of the molecule is Cc1cc(O)ccc1NC(=O)c1ccc2c(c1)C(=O)N(C[C@H]1CCCO1)C2=O. The Hall–Kier alpha value is -3.19. The van der Waals surface area contributed by atoms with Crippen molar-refractivity contribution >= 4 is 23.4 Å². The Bertz CT molecular complexity index is 979. The quantitative estimate of drug-likeness (QED) is 0.628. The third-order valence-electron chi connectivity index (χ3n) is 5.10. The number of rotatable bonds is 4. The highest BCUT2D eigenvalue weighted by molar-refractivity contribution is 6.22. The molecule has 2 aromatic rings. The topological polar surface area (TPSA) is 95.9 Å². The van der Waals surface area contributed by atoms with Crippen molar-refractivity contribution in [2.75, 3.05) is 18.5 Å². The lowest BCUT2D eigenvalue weighted by Crippen LogP contribution is -2.36. The molecule has 0 saturated carbocycles. The largest absolute Gasteiger partial charge is 0.508 e. The van der Waals surface area contributed by atoms with Crippen molar-refractivity contribution in [1.29, 1.82) is 0 Å². The summed E-state index contributed by atoms with van der Waals surface area (Å²) in [6.07, 6.45) is 1.63. The van der Waals surface area contributed by atoms with Crippen LogP contribution in [0.25, 0.3) is 0 Å². The van der Waals surface area contributed by atoms with E-state index in [1.165, 1.54) is 29.2 Å². The van der Waals surface area contributed by atoms with Crippen molar-refractivity contribution in [3.8, 4) is 5.75 Å². The molecule has 28 heavy (non-hydrogen) atoms. The van der Waals surface area contributed by atoms with Crippen LogP contribution in [-0.2, 0) is 4.74 Å². The molecule has 2 heterocycles. The van der Waals surface area contributed by atoms with Gasteiger partial charge in [-0.3, -0.25) is 19.3 Å². The maximum atomic E-state index is 12.7. The molecule has 7 heteroatoms. The standard InChI is InChI=1S/C21H20N2O5/c1-12-9-14(24)5-7-18(12)22-19(25)13-4-6-16-17(10-13)21(27)23(20(16)26)11-15-3-2-8-28-15/h4-7,9-10,15,24H,2-3,8,11H2,1H3,(H,22,25)/t15-/m1/s1. The van der Waals surface area contributed by atoms with Gasteiger partial charge in [0.1, 0.15) is 5.75 Å². The minimum Gasteiger partial charge on any atom is -0.508 e. The summed E-state index contributed by atoms with van der Waals surface area (Å²) in [5.74, 6) is -1.03. The van der Waals surface area contributed by atoms with E-state index in [0.717, 1.165) is 12.8 Å². The summed E-state index contributed by atoms with van der Waals surface area (Å²) >= 11 is 0. The van der Waals surface area contributed by atoms with Crippen LogP contribution in [0.4, 0.5) is 5.69 Å². The normalized spacial score (nSPS) is 18.5. The Morgan fingerprint density at radius 1 is 1.18 bits per heavy atom. The van der Waals surface area contributed by atoms with Gasteiger partial charge < -0.3 is 15.2 Å². The lowest BCUT2D eigenvalue weighted by Gasteiger charge is -2.17. The van der Waals surface area contributed by atoms with Crippen molar-refractivity contribution in [3.63, 3.8) is 0 Å². The lowest BCUT2D eigenvalue weighted by atomic mass is 10.0. The van der Waals surface area contributed by atoms with Gasteiger partial charge in [0.05, 0.1) is 23.8 Å². The molecule has 0 unspecified atom stereocenters. The number of phenols is 1. The number of fused-ring (bicyclic) bond motifs is 1.